The average molecular weight is 129 g/mol. The molecule has 0 spiro atoms. The molecule has 6 heteroatoms. The van der Waals surface area contributed by atoms with Crippen molar-refractivity contribution in [3.8, 4) is 0 Å². The van der Waals surface area contributed by atoms with E-state index in [4.69, 9.17) is 5.11 Å². The molecule has 3 N–H and O–H groups in total. The van der Waals surface area contributed by atoms with Gasteiger partial charge in [0.2, 0.25) is 5.82 Å². The first-order chi connectivity index (χ1) is 4.20. The lowest BCUT2D eigenvalue weighted by atomic mass is 10.7. The fourth-order valence-corrected chi connectivity index (χ4v) is 0.371. The van der Waals surface area contributed by atoms with Gasteiger partial charge in [0.15, 0.2) is 0 Å². The minimum absolute atomic E-state index is 0.375. The van der Waals surface area contributed by atoms with Crippen LogP contribution >= 0.6 is 0 Å². The van der Waals surface area contributed by atoms with Crippen molar-refractivity contribution >= 4 is 5.97 Å². The lowest BCUT2D eigenvalue weighted by Gasteiger charge is -1.77. The van der Waals surface area contributed by atoms with Gasteiger partial charge in [-0.15, -0.1) is 5.10 Å². The zero-order valence-corrected chi connectivity index (χ0v) is 4.21. The molecule has 6 nitrogen and oxygen atoms in total. The Balaban J connectivity index is 3.12. The van der Waals surface area contributed by atoms with Gasteiger partial charge in [-0.25, -0.2) is 14.7 Å². The van der Waals surface area contributed by atoms with Gasteiger partial charge in [0.1, 0.15) is 0 Å². The Morgan fingerprint density at radius 2 is 2.33 bits per heavy atom. The second-order valence-corrected chi connectivity index (χ2v) is 1.33. The third kappa shape index (κ3) is 0.958. The minimum Gasteiger partial charge on any atom is -0.475 e. The summed E-state index contributed by atoms with van der Waals surface area (Å²) in [7, 11) is 0. The lowest BCUT2D eigenvalue weighted by molar-refractivity contribution is 0.0684. The lowest BCUT2D eigenvalue weighted by Crippen LogP contribution is -2.03. The van der Waals surface area contributed by atoms with Gasteiger partial charge in [0.05, 0.1) is 0 Å². The summed E-state index contributed by atoms with van der Waals surface area (Å²) in [6.07, 6.45) is 0. The average Bonchev–Trinajstić information content (AvgIpc) is 2.14. The first-order valence-corrected chi connectivity index (χ1v) is 2.08. The van der Waals surface area contributed by atoms with Crippen molar-refractivity contribution in [2.45, 2.75) is 0 Å². The van der Waals surface area contributed by atoms with E-state index in [1.165, 1.54) is 0 Å². The van der Waals surface area contributed by atoms with Gasteiger partial charge in [0, 0.05) is 0 Å². The van der Waals surface area contributed by atoms with E-state index in [9.17, 15) is 9.59 Å². The van der Waals surface area contributed by atoms with E-state index in [1.54, 1.807) is 0 Å². The predicted molar refractivity (Wildman–Crippen MR) is 26.2 cm³/mol. The standard InChI is InChI=1S/C3H3N3O3/c7-2(8)1-4-3(9)6-5-1/h(H,7,8)(H2,4,5,6,9). The molecule has 1 aromatic rings. The second kappa shape index (κ2) is 1.73. The number of hydrogen-bond donors (Lipinski definition) is 3. The summed E-state index contributed by atoms with van der Waals surface area (Å²) in [5.74, 6) is -1.63. The molecule has 0 atom stereocenters. The molecule has 0 radical (unpaired) electrons. The summed E-state index contributed by atoms with van der Waals surface area (Å²) in [5.41, 5.74) is -0.618. The van der Waals surface area contributed by atoms with Crippen LogP contribution in [0.1, 0.15) is 10.6 Å². The van der Waals surface area contributed by atoms with Crippen molar-refractivity contribution in [1.82, 2.24) is 15.2 Å². The zero-order chi connectivity index (χ0) is 6.85. The van der Waals surface area contributed by atoms with Crippen LogP contribution in [0.4, 0.5) is 0 Å². The molecule has 1 rings (SSSR count). The van der Waals surface area contributed by atoms with Crippen LogP contribution in [0, 0.1) is 0 Å². The monoisotopic (exact) mass is 129 g/mol. The van der Waals surface area contributed by atoms with Crippen molar-refractivity contribution < 1.29 is 9.90 Å². The first-order valence-electron chi connectivity index (χ1n) is 2.08. The zero-order valence-electron chi connectivity index (χ0n) is 4.21. The topological polar surface area (TPSA) is 98.8 Å². The maximum absolute atomic E-state index is 10.2. The van der Waals surface area contributed by atoms with E-state index in [0.717, 1.165) is 0 Å². The Bertz CT molecular complexity index is 272. The molecule has 0 aromatic carbocycles. The van der Waals surface area contributed by atoms with Crippen LogP contribution in [0.25, 0.3) is 0 Å². The smallest absolute Gasteiger partial charge is 0.373 e. The summed E-state index contributed by atoms with van der Waals surface area (Å²) in [6.45, 7) is 0. The molecule has 1 aromatic heterocycles. The number of nitrogens with zero attached hydrogens (tertiary/aromatic N) is 1. The van der Waals surface area contributed by atoms with E-state index in [-0.39, 0.29) is 5.82 Å². The Labute approximate surface area is 48.5 Å². The Morgan fingerprint density at radius 1 is 1.67 bits per heavy atom. The third-order valence-corrected chi connectivity index (χ3v) is 0.704. The molecule has 1 heterocycles. The van der Waals surface area contributed by atoms with E-state index < -0.39 is 11.7 Å². The number of aromatic amines is 2. The number of aromatic nitrogens is 3. The molecule has 0 bridgehead atoms. The van der Waals surface area contributed by atoms with Crippen molar-refractivity contribution in [2.75, 3.05) is 0 Å². The van der Waals surface area contributed by atoms with Crippen LogP contribution in [0.15, 0.2) is 4.79 Å². The van der Waals surface area contributed by atoms with Gasteiger partial charge < -0.3 is 5.11 Å². The molecule has 0 fully saturated rings. The van der Waals surface area contributed by atoms with Crippen molar-refractivity contribution in [3.63, 3.8) is 0 Å². The number of aromatic carboxylic acids is 1. The van der Waals surface area contributed by atoms with Crippen LogP contribution in [-0.2, 0) is 0 Å². The van der Waals surface area contributed by atoms with Crippen LogP contribution in [0.5, 0.6) is 0 Å². The van der Waals surface area contributed by atoms with E-state index in [0.29, 0.717) is 0 Å². The third-order valence-electron chi connectivity index (χ3n) is 0.704. The molecule has 9 heavy (non-hydrogen) atoms. The highest BCUT2D eigenvalue weighted by Gasteiger charge is 2.04. The SMILES string of the molecule is O=C(O)c1n[nH]c(=O)[nH]1. The number of rotatable bonds is 1. The van der Waals surface area contributed by atoms with Gasteiger partial charge in [0.25, 0.3) is 0 Å². The summed E-state index contributed by atoms with van der Waals surface area (Å²) in [5, 5.41) is 13.2. The minimum atomic E-state index is -1.26. The molecule has 0 saturated carbocycles. The maximum Gasteiger partial charge on any atom is 0.373 e. The van der Waals surface area contributed by atoms with E-state index >= 15 is 0 Å². The van der Waals surface area contributed by atoms with Gasteiger partial charge in [-0.1, -0.05) is 0 Å². The Morgan fingerprint density at radius 3 is 2.56 bits per heavy atom. The number of H-pyrrole nitrogens is 2. The summed E-state index contributed by atoms with van der Waals surface area (Å²) in [6, 6.07) is 0. The molecule has 0 aliphatic rings. The Hall–Kier alpha value is -1.59. The highest BCUT2D eigenvalue weighted by atomic mass is 16.4. The van der Waals surface area contributed by atoms with Crippen LogP contribution < -0.4 is 5.69 Å². The van der Waals surface area contributed by atoms with Crippen LogP contribution in [-0.4, -0.2) is 26.3 Å². The van der Waals surface area contributed by atoms with Crippen LogP contribution in [0.3, 0.4) is 0 Å². The quantitative estimate of drug-likeness (QED) is 0.443. The van der Waals surface area contributed by atoms with E-state index in [2.05, 4.69) is 5.10 Å². The molecular formula is C3H3N3O3. The largest absolute Gasteiger partial charge is 0.475 e. The number of carbonyl (C=O) groups is 1. The molecule has 0 saturated heterocycles. The van der Waals surface area contributed by atoms with Gasteiger partial charge in [-0.05, 0) is 0 Å². The Kier molecular flexibility index (Phi) is 1.07. The molecule has 48 valence electrons. The molecule has 0 unspecified atom stereocenters. The number of hydrogen-bond acceptors (Lipinski definition) is 3. The van der Waals surface area contributed by atoms with Gasteiger partial charge in [-0.2, -0.15) is 0 Å². The number of carboxylic acids is 1. The summed E-state index contributed by atoms with van der Waals surface area (Å²) in [4.78, 5) is 22.1. The summed E-state index contributed by atoms with van der Waals surface area (Å²) < 4.78 is 0. The van der Waals surface area contributed by atoms with Crippen molar-refractivity contribution in [1.29, 1.82) is 0 Å². The molecular weight excluding hydrogens is 126 g/mol. The molecule has 0 aliphatic heterocycles. The number of nitrogens with one attached hydrogen (secondary N) is 2. The van der Waals surface area contributed by atoms with Crippen molar-refractivity contribution in [2.24, 2.45) is 0 Å². The summed E-state index contributed by atoms with van der Waals surface area (Å²) >= 11 is 0. The highest BCUT2D eigenvalue weighted by Crippen LogP contribution is 1.77. The van der Waals surface area contributed by atoms with Gasteiger partial charge in [-0.3, -0.25) is 4.98 Å². The predicted octanol–water partition coefficient (Wildman–Crippen LogP) is -1.20. The van der Waals surface area contributed by atoms with Crippen LogP contribution in [0.2, 0.25) is 0 Å². The maximum atomic E-state index is 10.2. The van der Waals surface area contributed by atoms with Gasteiger partial charge >= 0.3 is 11.7 Å². The van der Waals surface area contributed by atoms with E-state index in [1.807, 2.05) is 10.1 Å². The molecule has 0 amide bonds. The number of carboxylic acid groups (broad SMARTS) is 1. The fraction of sp³-hybridized carbons (Fsp3) is 0. The first kappa shape index (κ1) is 5.54. The second-order valence-electron chi connectivity index (χ2n) is 1.33. The highest BCUT2D eigenvalue weighted by molar-refractivity contribution is 5.82. The fourth-order valence-electron chi connectivity index (χ4n) is 0.371. The molecule has 0 aliphatic carbocycles. The van der Waals surface area contributed by atoms with Crippen molar-refractivity contribution in [3.05, 3.63) is 16.3 Å². The normalized spacial score (nSPS) is 9.33.